The lowest BCUT2D eigenvalue weighted by atomic mass is 10.3. The zero-order valence-corrected chi connectivity index (χ0v) is 8.05. The van der Waals surface area contributed by atoms with E-state index >= 15 is 0 Å². The van der Waals surface area contributed by atoms with Gasteiger partial charge in [-0.2, -0.15) is 0 Å². The summed E-state index contributed by atoms with van der Waals surface area (Å²) in [5, 5.41) is 3.50. The van der Waals surface area contributed by atoms with Gasteiger partial charge in [-0.25, -0.2) is 0 Å². The molecule has 0 saturated carbocycles. The molecule has 0 spiro atoms. The molecular formula is C9H21N3. The zero-order chi connectivity index (χ0) is 8.81. The van der Waals surface area contributed by atoms with Crippen LogP contribution < -0.4 is 11.1 Å². The van der Waals surface area contributed by atoms with Gasteiger partial charge in [0.1, 0.15) is 0 Å². The second-order valence-electron chi connectivity index (χ2n) is 3.38. The molecule has 0 aromatic rings. The van der Waals surface area contributed by atoms with Crippen molar-refractivity contribution in [2.24, 2.45) is 5.73 Å². The zero-order valence-electron chi connectivity index (χ0n) is 8.05. The predicted octanol–water partition coefficient (Wildman–Crippen LogP) is 0.367. The van der Waals surface area contributed by atoms with Crippen LogP contribution in [0.15, 0.2) is 0 Å². The number of nitrogens with zero attached hydrogens (tertiary/aromatic N) is 1. The van der Waals surface area contributed by atoms with E-state index in [-0.39, 0.29) is 0 Å². The van der Waals surface area contributed by atoms with Gasteiger partial charge in [-0.1, -0.05) is 6.92 Å². The summed E-state index contributed by atoms with van der Waals surface area (Å²) in [5.74, 6) is 0. The van der Waals surface area contributed by atoms with Gasteiger partial charge >= 0.3 is 0 Å². The summed E-state index contributed by atoms with van der Waals surface area (Å²) < 4.78 is 0. The van der Waals surface area contributed by atoms with Crippen molar-refractivity contribution in [2.45, 2.75) is 32.4 Å². The van der Waals surface area contributed by atoms with Crippen LogP contribution in [0, 0.1) is 0 Å². The topological polar surface area (TPSA) is 41.3 Å². The minimum atomic E-state index is 0.626. The van der Waals surface area contributed by atoms with Gasteiger partial charge in [-0.3, -0.25) is 4.90 Å². The Kier molecular flexibility index (Phi) is 4.58. The minimum Gasteiger partial charge on any atom is -0.330 e. The molecule has 0 bridgehead atoms. The lowest BCUT2D eigenvalue weighted by Crippen LogP contribution is -2.42. The smallest absolute Gasteiger partial charge is 0.0597 e. The van der Waals surface area contributed by atoms with Crippen LogP contribution in [0.2, 0.25) is 0 Å². The highest BCUT2D eigenvalue weighted by Crippen LogP contribution is 2.09. The molecular weight excluding hydrogens is 150 g/mol. The van der Waals surface area contributed by atoms with E-state index in [2.05, 4.69) is 17.1 Å². The highest BCUT2D eigenvalue weighted by atomic mass is 15.3. The Balaban J connectivity index is 2.22. The average Bonchev–Trinajstić information content (AvgIpc) is 2.59. The highest BCUT2D eigenvalue weighted by Gasteiger charge is 2.19. The van der Waals surface area contributed by atoms with E-state index < -0.39 is 0 Å². The average molecular weight is 171 g/mol. The molecule has 1 unspecified atom stereocenters. The monoisotopic (exact) mass is 171 g/mol. The normalized spacial score (nSPS) is 23.8. The molecule has 1 aliphatic heterocycles. The summed E-state index contributed by atoms with van der Waals surface area (Å²) in [7, 11) is 0. The van der Waals surface area contributed by atoms with Crippen molar-refractivity contribution < 1.29 is 0 Å². The molecule has 1 heterocycles. The van der Waals surface area contributed by atoms with Crippen LogP contribution in [0.25, 0.3) is 0 Å². The van der Waals surface area contributed by atoms with E-state index in [0.717, 1.165) is 26.1 Å². The van der Waals surface area contributed by atoms with Crippen molar-refractivity contribution in [3.05, 3.63) is 0 Å². The first-order valence-electron chi connectivity index (χ1n) is 5.06. The summed E-state index contributed by atoms with van der Waals surface area (Å²) in [6, 6.07) is 0. The molecule has 0 radical (unpaired) electrons. The van der Waals surface area contributed by atoms with Crippen LogP contribution in [0.1, 0.15) is 26.2 Å². The van der Waals surface area contributed by atoms with Crippen molar-refractivity contribution in [1.29, 1.82) is 0 Å². The van der Waals surface area contributed by atoms with E-state index in [1.807, 2.05) is 0 Å². The minimum absolute atomic E-state index is 0.626. The first-order chi connectivity index (χ1) is 5.88. The maximum Gasteiger partial charge on any atom is 0.0597 e. The maximum absolute atomic E-state index is 5.48. The van der Waals surface area contributed by atoms with E-state index in [0.29, 0.717) is 6.17 Å². The SMILES string of the molecule is CCN(CCCN)C1CCCN1. The van der Waals surface area contributed by atoms with Crippen LogP contribution in [0.3, 0.4) is 0 Å². The molecule has 12 heavy (non-hydrogen) atoms. The van der Waals surface area contributed by atoms with Crippen molar-refractivity contribution >= 4 is 0 Å². The van der Waals surface area contributed by atoms with Crippen LogP contribution in [0.5, 0.6) is 0 Å². The van der Waals surface area contributed by atoms with Crippen LogP contribution >= 0.6 is 0 Å². The fraction of sp³-hybridized carbons (Fsp3) is 1.00. The Morgan fingerprint density at radius 3 is 2.92 bits per heavy atom. The quantitative estimate of drug-likeness (QED) is 0.628. The largest absolute Gasteiger partial charge is 0.330 e. The van der Waals surface area contributed by atoms with Gasteiger partial charge in [-0.05, 0) is 38.9 Å². The maximum atomic E-state index is 5.48. The molecule has 0 aromatic heterocycles. The van der Waals surface area contributed by atoms with Crippen LogP contribution in [-0.2, 0) is 0 Å². The van der Waals surface area contributed by atoms with Gasteiger partial charge in [0.2, 0.25) is 0 Å². The van der Waals surface area contributed by atoms with Gasteiger partial charge in [0.15, 0.2) is 0 Å². The van der Waals surface area contributed by atoms with Crippen molar-refractivity contribution in [3.63, 3.8) is 0 Å². The molecule has 3 nitrogen and oxygen atoms in total. The van der Waals surface area contributed by atoms with Gasteiger partial charge in [0.25, 0.3) is 0 Å². The molecule has 1 fully saturated rings. The number of hydrogen-bond donors (Lipinski definition) is 2. The molecule has 3 heteroatoms. The molecule has 1 atom stereocenters. The summed E-state index contributed by atoms with van der Waals surface area (Å²) in [6.07, 6.45) is 4.37. The van der Waals surface area contributed by atoms with Gasteiger partial charge in [0.05, 0.1) is 6.17 Å². The fourth-order valence-corrected chi connectivity index (χ4v) is 1.81. The third-order valence-electron chi connectivity index (χ3n) is 2.53. The van der Waals surface area contributed by atoms with Crippen molar-refractivity contribution in [1.82, 2.24) is 10.2 Å². The fourth-order valence-electron chi connectivity index (χ4n) is 1.81. The van der Waals surface area contributed by atoms with E-state index in [4.69, 9.17) is 5.73 Å². The third-order valence-corrected chi connectivity index (χ3v) is 2.53. The van der Waals surface area contributed by atoms with Gasteiger partial charge in [-0.15, -0.1) is 0 Å². The molecule has 1 saturated heterocycles. The van der Waals surface area contributed by atoms with Gasteiger partial charge in [0, 0.05) is 6.54 Å². The second kappa shape index (κ2) is 5.51. The Labute approximate surface area is 75.3 Å². The molecule has 0 amide bonds. The number of nitrogens with two attached hydrogens (primary N) is 1. The first kappa shape index (κ1) is 9.96. The predicted molar refractivity (Wildman–Crippen MR) is 51.9 cm³/mol. The molecule has 1 aliphatic rings. The number of hydrogen-bond acceptors (Lipinski definition) is 3. The summed E-state index contributed by atoms with van der Waals surface area (Å²) >= 11 is 0. The van der Waals surface area contributed by atoms with Crippen molar-refractivity contribution in [3.8, 4) is 0 Å². The Morgan fingerprint density at radius 1 is 1.58 bits per heavy atom. The first-order valence-corrected chi connectivity index (χ1v) is 5.06. The number of rotatable bonds is 5. The third kappa shape index (κ3) is 2.73. The van der Waals surface area contributed by atoms with E-state index in [1.54, 1.807) is 0 Å². The molecule has 0 aromatic carbocycles. The van der Waals surface area contributed by atoms with Crippen molar-refractivity contribution in [2.75, 3.05) is 26.2 Å². The summed E-state index contributed by atoms with van der Waals surface area (Å²) in [4.78, 5) is 2.49. The van der Waals surface area contributed by atoms with Crippen LogP contribution in [0.4, 0.5) is 0 Å². The molecule has 1 rings (SSSR count). The summed E-state index contributed by atoms with van der Waals surface area (Å²) in [6.45, 7) is 6.49. The lowest BCUT2D eigenvalue weighted by Gasteiger charge is -2.27. The second-order valence-corrected chi connectivity index (χ2v) is 3.38. The molecule has 0 aliphatic carbocycles. The lowest BCUT2D eigenvalue weighted by molar-refractivity contribution is 0.190. The highest BCUT2D eigenvalue weighted by molar-refractivity contribution is 4.74. The number of nitrogens with one attached hydrogen (secondary N) is 1. The van der Waals surface area contributed by atoms with Gasteiger partial charge < -0.3 is 11.1 Å². The van der Waals surface area contributed by atoms with E-state index in [9.17, 15) is 0 Å². The van der Waals surface area contributed by atoms with E-state index in [1.165, 1.54) is 19.4 Å². The Morgan fingerprint density at radius 2 is 2.42 bits per heavy atom. The molecule has 3 N–H and O–H groups in total. The summed E-state index contributed by atoms with van der Waals surface area (Å²) in [5.41, 5.74) is 5.48. The molecule has 72 valence electrons. The Hall–Kier alpha value is -0.120. The van der Waals surface area contributed by atoms with Crippen LogP contribution in [-0.4, -0.2) is 37.2 Å². The Bertz CT molecular complexity index is 110. The standard InChI is InChI=1S/C9H21N3/c1-2-12(8-4-6-10)9-5-3-7-11-9/h9,11H,2-8,10H2,1H3.